The van der Waals surface area contributed by atoms with Gasteiger partial charge in [0.15, 0.2) is 0 Å². The number of sulfonamides is 1. The molecule has 0 aliphatic rings. The maximum Gasteiger partial charge on any atom is 0.273 e. The first-order valence-electron chi connectivity index (χ1n) is 5.36. The van der Waals surface area contributed by atoms with Gasteiger partial charge >= 0.3 is 0 Å². The average molecular weight is 258 g/mol. The molecule has 1 aromatic rings. The maximum atomic E-state index is 11.4. The van der Waals surface area contributed by atoms with Crippen LogP contribution in [0.5, 0.6) is 0 Å². The van der Waals surface area contributed by atoms with Crippen molar-refractivity contribution in [2.75, 3.05) is 7.05 Å². The van der Waals surface area contributed by atoms with Crippen LogP contribution in [0.1, 0.15) is 19.1 Å². The Hall–Kier alpha value is -1.11. The molecule has 0 aromatic carbocycles. The summed E-state index contributed by atoms with van der Waals surface area (Å²) in [6, 6.07) is 3.38. The molecule has 0 saturated carbocycles. The standard InChI is InChI=1S/C11H18N2O3S/c1-4-5-9(2)13-8-10-6-7-11(16-10)17(14,15)12-3/h4,6-7,9,12-13H,1,5,8H2,2-3H3. The topological polar surface area (TPSA) is 71.3 Å². The van der Waals surface area contributed by atoms with Crippen molar-refractivity contribution in [1.29, 1.82) is 0 Å². The third-order valence-corrected chi connectivity index (χ3v) is 3.60. The largest absolute Gasteiger partial charge is 0.447 e. The zero-order chi connectivity index (χ0) is 12.9. The first-order chi connectivity index (χ1) is 7.99. The molecule has 0 amide bonds. The maximum absolute atomic E-state index is 11.4. The molecule has 6 heteroatoms. The first kappa shape index (κ1) is 14.0. The Morgan fingerprint density at radius 3 is 2.82 bits per heavy atom. The van der Waals surface area contributed by atoms with Gasteiger partial charge in [-0.05, 0) is 32.5 Å². The Bertz CT molecular complexity index is 465. The summed E-state index contributed by atoms with van der Waals surface area (Å²) in [5.74, 6) is 0.592. The Labute approximate surface area is 102 Å². The molecule has 1 aromatic heterocycles. The highest BCUT2D eigenvalue weighted by molar-refractivity contribution is 7.89. The van der Waals surface area contributed by atoms with Crippen LogP contribution in [-0.2, 0) is 16.6 Å². The summed E-state index contributed by atoms with van der Waals surface area (Å²) >= 11 is 0. The van der Waals surface area contributed by atoms with Crippen LogP contribution in [0, 0.1) is 0 Å². The highest BCUT2D eigenvalue weighted by Crippen LogP contribution is 2.13. The van der Waals surface area contributed by atoms with Gasteiger partial charge in [-0.1, -0.05) is 6.08 Å². The molecule has 0 aliphatic carbocycles. The summed E-state index contributed by atoms with van der Waals surface area (Å²) in [5.41, 5.74) is 0. The monoisotopic (exact) mass is 258 g/mol. The second-order valence-electron chi connectivity index (χ2n) is 3.73. The van der Waals surface area contributed by atoms with Crippen LogP contribution in [0.25, 0.3) is 0 Å². The summed E-state index contributed by atoms with van der Waals surface area (Å²) < 4.78 is 30.3. The van der Waals surface area contributed by atoms with E-state index in [9.17, 15) is 8.42 Å². The van der Waals surface area contributed by atoms with Gasteiger partial charge in [-0.15, -0.1) is 6.58 Å². The van der Waals surface area contributed by atoms with Crippen LogP contribution in [0.4, 0.5) is 0 Å². The van der Waals surface area contributed by atoms with E-state index >= 15 is 0 Å². The molecule has 1 atom stereocenters. The van der Waals surface area contributed by atoms with Crippen molar-refractivity contribution in [2.45, 2.75) is 31.0 Å². The number of hydrogen-bond acceptors (Lipinski definition) is 4. The zero-order valence-electron chi connectivity index (χ0n) is 10.1. The van der Waals surface area contributed by atoms with Crippen LogP contribution < -0.4 is 10.0 Å². The van der Waals surface area contributed by atoms with Crippen LogP contribution in [-0.4, -0.2) is 21.5 Å². The van der Waals surface area contributed by atoms with Crippen LogP contribution in [0.2, 0.25) is 0 Å². The minimum absolute atomic E-state index is 0.0619. The van der Waals surface area contributed by atoms with Crippen LogP contribution in [0.3, 0.4) is 0 Å². The molecule has 0 fully saturated rings. The number of hydrogen-bond donors (Lipinski definition) is 2. The fourth-order valence-electron chi connectivity index (χ4n) is 1.31. The molecule has 0 saturated heterocycles. The molecule has 0 bridgehead atoms. The first-order valence-corrected chi connectivity index (χ1v) is 6.84. The van der Waals surface area contributed by atoms with Gasteiger partial charge in [-0.2, -0.15) is 0 Å². The van der Waals surface area contributed by atoms with Gasteiger partial charge in [0.1, 0.15) is 5.76 Å². The second-order valence-corrected chi connectivity index (χ2v) is 5.55. The Morgan fingerprint density at radius 2 is 2.24 bits per heavy atom. The third-order valence-electron chi connectivity index (χ3n) is 2.32. The van der Waals surface area contributed by atoms with Crippen molar-refractivity contribution in [3.63, 3.8) is 0 Å². The SMILES string of the molecule is C=CCC(C)NCc1ccc(S(=O)(=O)NC)o1. The molecular formula is C11H18N2O3S. The minimum Gasteiger partial charge on any atom is -0.447 e. The van der Waals surface area contributed by atoms with E-state index in [1.165, 1.54) is 13.1 Å². The molecule has 5 nitrogen and oxygen atoms in total. The summed E-state index contributed by atoms with van der Waals surface area (Å²) in [6.45, 7) is 6.17. The predicted octanol–water partition coefficient (Wildman–Crippen LogP) is 1.24. The molecular weight excluding hydrogens is 240 g/mol. The van der Waals surface area contributed by atoms with E-state index in [1.54, 1.807) is 6.07 Å². The van der Waals surface area contributed by atoms with Crippen molar-refractivity contribution in [2.24, 2.45) is 0 Å². The fraction of sp³-hybridized carbons (Fsp3) is 0.455. The van der Waals surface area contributed by atoms with E-state index in [2.05, 4.69) is 16.6 Å². The Morgan fingerprint density at radius 1 is 1.53 bits per heavy atom. The molecule has 0 radical (unpaired) electrons. The summed E-state index contributed by atoms with van der Waals surface area (Å²) in [5, 5.41) is 3.14. The van der Waals surface area contributed by atoms with Crippen LogP contribution in [0.15, 0.2) is 34.3 Å². The summed E-state index contributed by atoms with van der Waals surface area (Å²) in [7, 11) is -2.14. The quantitative estimate of drug-likeness (QED) is 0.722. The van der Waals surface area contributed by atoms with Gasteiger partial charge < -0.3 is 9.73 Å². The normalized spacial score (nSPS) is 13.5. The summed E-state index contributed by atoms with van der Waals surface area (Å²) in [6.07, 6.45) is 2.68. The van der Waals surface area contributed by atoms with Gasteiger partial charge in [0.2, 0.25) is 5.09 Å². The average Bonchev–Trinajstić information content (AvgIpc) is 2.76. The van der Waals surface area contributed by atoms with E-state index in [4.69, 9.17) is 4.42 Å². The molecule has 0 spiro atoms. The van der Waals surface area contributed by atoms with Crippen molar-refractivity contribution in [3.8, 4) is 0 Å². The Balaban J connectivity index is 2.61. The van der Waals surface area contributed by atoms with Gasteiger partial charge in [0.05, 0.1) is 6.54 Å². The van der Waals surface area contributed by atoms with Gasteiger partial charge in [-0.3, -0.25) is 0 Å². The van der Waals surface area contributed by atoms with E-state index in [0.29, 0.717) is 12.3 Å². The molecule has 2 N–H and O–H groups in total. The number of nitrogens with one attached hydrogen (secondary N) is 2. The van der Waals surface area contributed by atoms with Crippen LogP contribution >= 0.6 is 0 Å². The van der Waals surface area contributed by atoms with Gasteiger partial charge in [0, 0.05) is 6.04 Å². The lowest BCUT2D eigenvalue weighted by Gasteiger charge is -2.09. The highest BCUT2D eigenvalue weighted by Gasteiger charge is 2.16. The van der Waals surface area contributed by atoms with E-state index in [1.807, 2.05) is 13.0 Å². The van der Waals surface area contributed by atoms with E-state index < -0.39 is 10.0 Å². The third kappa shape index (κ3) is 3.99. The predicted molar refractivity (Wildman–Crippen MR) is 66.1 cm³/mol. The molecule has 17 heavy (non-hydrogen) atoms. The highest BCUT2D eigenvalue weighted by atomic mass is 32.2. The number of furan rings is 1. The van der Waals surface area contributed by atoms with Crippen molar-refractivity contribution >= 4 is 10.0 Å². The Kier molecular flexibility index (Phi) is 4.92. The van der Waals surface area contributed by atoms with Gasteiger partial charge in [0.25, 0.3) is 10.0 Å². The smallest absolute Gasteiger partial charge is 0.273 e. The van der Waals surface area contributed by atoms with Gasteiger partial charge in [-0.25, -0.2) is 13.1 Å². The number of rotatable bonds is 7. The molecule has 96 valence electrons. The molecule has 0 aliphatic heterocycles. The molecule has 1 rings (SSSR count). The molecule has 1 heterocycles. The van der Waals surface area contributed by atoms with E-state index in [0.717, 1.165) is 6.42 Å². The lowest BCUT2D eigenvalue weighted by Crippen LogP contribution is -2.24. The van der Waals surface area contributed by atoms with Crippen molar-refractivity contribution < 1.29 is 12.8 Å². The fourth-order valence-corrected chi connectivity index (χ4v) is 1.97. The second kappa shape index (κ2) is 6.00. The lowest BCUT2D eigenvalue weighted by atomic mass is 10.2. The zero-order valence-corrected chi connectivity index (χ0v) is 10.9. The van der Waals surface area contributed by atoms with E-state index in [-0.39, 0.29) is 11.1 Å². The minimum atomic E-state index is -3.49. The summed E-state index contributed by atoms with van der Waals surface area (Å²) in [4.78, 5) is 0. The van der Waals surface area contributed by atoms with Crippen molar-refractivity contribution in [1.82, 2.24) is 10.0 Å². The van der Waals surface area contributed by atoms with Crippen molar-refractivity contribution in [3.05, 3.63) is 30.5 Å². The lowest BCUT2D eigenvalue weighted by molar-refractivity contribution is 0.391. The molecule has 1 unspecified atom stereocenters.